The summed E-state index contributed by atoms with van der Waals surface area (Å²) in [5.74, 6) is 0. The van der Waals surface area contributed by atoms with Gasteiger partial charge in [-0.25, -0.2) is 0 Å². The molecule has 0 spiro atoms. The van der Waals surface area contributed by atoms with Crippen LogP contribution in [0.5, 0.6) is 0 Å². The van der Waals surface area contributed by atoms with Crippen molar-refractivity contribution in [2.45, 2.75) is 6.42 Å². The number of para-hydroxylation sites is 1. The Balaban J connectivity index is 0.000000139. The highest BCUT2D eigenvalue weighted by Crippen LogP contribution is 2.09. The number of aromatic nitrogens is 1. The third-order valence-electron chi connectivity index (χ3n) is 3.56. The first-order valence-electron chi connectivity index (χ1n) is 7.52. The van der Waals surface area contributed by atoms with Crippen molar-refractivity contribution < 1.29 is 0 Å². The van der Waals surface area contributed by atoms with Crippen LogP contribution in [0.1, 0.15) is 11.1 Å². The lowest BCUT2D eigenvalue weighted by Gasteiger charge is -2.00. The van der Waals surface area contributed by atoms with Gasteiger partial charge in [-0.2, -0.15) is 0 Å². The molecule has 0 radical (unpaired) electrons. The Labute approximate surface area is 131 Å². The summed E-state index contributed by atoms with van der Waals surface area (Å²) >= 11 is 0. The molecule has 0 unspecified atom stereocenters. The van der Waals surface area contributed by atoms with Crippen LogP contribution in [0, 0.1) is 0 Å². The summed E-state index contributed by atoms with van der Waals surface area (Å²) in [5.41, 5.74) is 3.94. The second kappa shape index (κ2) is 7.28. The van der Waals surface area contributed by atoms with Gasteiger partial charge in [-0.05, 0) is 35.1 Å². The van der Waals surface area contributed by atoms with Gasteiger partial charge in [0.05, 0.1) is 0 Å². The maximum absolute atomic E-state index is 3.12. The summed E-state index contributed by atoms with van der Waals surface area (Å²) < 4.78 is 0. The predicted molar refractivity (Wildman–Crippen MR) is 94.0 cm³/mol. The van der Waals surface area contributed by atoms with Crippen LogP contribution in [0.25, 0.3) is 10.9 Å². The van der Waals surface area contributed by atoms with Crippen molar-refractivity contribution in [2.75, 3.05) is 0 Å². The molecule has 4 rings (SSSR count). The van der Waals surface area contributed by atoms with E-state index in [1.165, 1.54) is 22.0 Å². The molecule has 0 aliphatic carbocycles. The lowest BCUT2D eigenvalue weighted by Crippen LogP contribution is -1.85. The highest BCUT2D eigenvalue weighted by atomic mass is 14.7. The molecule has 1 aromatic heterocycles. The van der Waals surface area contributed by atoms with Gasteiger partial charge >= 0.3 is 0 Å². The summed E-state index contributed by atoms with van der Waals surface area (Å²) in [5, 5.41) is 1.28. The number of hydrogen-bond acceptors (Lipinski definition) is 0. The van der Waals surface area contributed by atoms with Gasteiger partial charge in [-0.15, -0.1) is 0 Å². The number of rotatable bonds is 2. The van der Waals surface area contributed by atoms with E-state index in [-0.39, 0.29) is 0 Å². The van der Waals surface area contributed by atoms with Gasteiger partial charge < -0.3 is 4.98 Å². The molecule has 108 valence electrons. The van der Waals surface area contributed by atoms with E-state index in [1.807, 2.05) is 18.3 Å². The molecule has 22 heavy (non-hydrogen) atoms. The molecular formula is C21H19N. The lowest BCUT2D eigenvalue weighted by atomic mass is 10.1. The van der Waals surface area contributed by atoms with Crippen LogP contribution in [0.15, 0.2) is 97.2 Å². The summed E-state index contributed by atoms with van der Waals surface area (Å²) in [6.45, 7) is 0. The first-order chi connectivity index (χ1) is 10.9. The second-order valence-electron chi connectivity index (χ2n) is 5.21. The summed E-state index contributed by atoms with van der Waals surface area (Å²) in [7, 11) is 0. The highest BCUT2D eigenvalue weighted by molar-refractivity contribution is 5.78. The van der Waals surface area contributed by atoms with Crippen LogP contribution in [0.3, 0.4) is 0 Å². The normalized spacial score (nSPS) is 10.0. The minimum Gasteiger partial charge on any atom is -0.361 e. The Morgan fingerprint density at radius 1 is 0.545 bits per heavy atom. The molecule has 1 heteroatoms. The van der Waals surface area contributed by atoms with Gasteiger partial charge in [0.25, 0.3) is 0 Å². The van der Waals surface area contributed by atoms with E-state index in [0.29, 0.717) is 0 Å². The average Bonchev–Trinajstić information content (AvgIpc) is 3.06. The highest BCUT2D eigenvalue weighted by Gasteiger charge is 1.92. The Bertz CT molecular complexity index is 733. The SMILES string of the molecule is c1ccc(Cc2ccccc2)cc1.c1ccc2[nH]ccc2c1. The van der Waals surface area contributed by atoms with Crippen LogP contribution >= 0.6 is 0 Å². The van der Waals surface area contributed by atoms with Gasteiger partial charge in [-0.3, -0.25) is 0 Å². The van der Waals surface area contributed by atoms with E-state index >= 15 is 0 Å². The zero-order valence-corrected chi connectivity index (χ0v) is 12.4. The van der Waals surface area contributed by atoms with E-state index in [1.54, 1.807) is 0 Å². The van der Waals surface area contributed by atoms with E-state index in [2.05, 4.69) is 83.8 Å². The van der Waals surface area contributed by atoms with Crippen LogP contribution in [0.4, 0.5) is 0 Å². The Morgan fingerprint density at radius 3 is 1.68 bits per heavy atom. The monoisotopic (exact) mass is 285 g/mol. The van der Waals surface area contributed by atoms with Crippen LogP contribution in [-0.4, -0.2) is 4.98 Å². The summed E-state index contributed by atoms with van der Waals surface area (Å²) in [6, 6.07) is 31.3. The Morgan fingerprint density at radius 2 is 1.09 bits per heavy atom. The molecular weight excluding hydrogens is 266 g/mol. The Kier molecular flexibility index (Phi) is 4.68. The van der Waals surface area contributed by atoms with Crippen molar-refractivity contribution in [3.63, 3.8) is 0 Å². The number of benzene rings is 3. The topological polar surface area (TPSA) is 15.8 Å². The third kappa shape index (κ3) is 3.86. The van der Waals surface area contributed by atoms with Crippen molar-refractivity contribution >= 4 is 10.9 Å². The number of fused-ring (bicyclic) bond motifs is 1. The number of aromatic amines is 1. The third-order valence-corrected chi connectivity index (χ3v) is 3.56. The number of hydrogen-bond donors (Lipinski definition) is 1. The quantitative estimate of drug-likeness (QED) is 0.504. The van der Waals surface area contributed by atoms with Gasteiger partial charge in [0.1, 0.15) is 0 Å². The van der Waals surface area contributed by atoms with Gasteiger partial charge in [0.2, 0.25) is 0 Å². The molecule has 0 saturated heterocycles. The fraction of sp³-hybridized carbons (Fsp3) is 0.0476. The van der Waals surface area contributed by atoms with E-state index in [0.717, 1.165) is 6.42 Å². The number of H-pyrrole nitrogens is 1. The molecule has 0 atom stereocenters. The molecule has 0 amide bonds. The molecule has 0 bridgehead atoms. The molecule has 0 aliphatic rings. The van der Waals surface area contributed by atoms with Gasteiger partial charge in [0.15, 0.2) is 0 Å². The molecule has 0 aliphatic heterocycles. The van der Waals surface area contributed by atoms with Gasteiger partial charge in [0, 0.05) is 11.7 Å². The largest absolute Gasteiger partial charge is 0.361 e. The minimum atomic E-state index is 1.03. The average molecular weight is 285 g/mol. The minimum absolute atomic E-state index is 1.03. The molecule has 4 aromatic rings. The first kappa shape index (κ1) is 14.2. The maximum atomic E-state index is 3.12. The summed E-state index contributed by atoms with van der Waals surface area (Å²) in [6.07, 6.45) is 2.98. The zero-order chi connectivity index (χ0) is 15.0. The van der Waals surface area contributed by atoms with Crippen LogP contribution in [0.2, 0.25) is 0 Å². The van der Waals surface area contributed by atoms with Crippen molar-refractivity contribution in [1.29, 1.82) is 0 Å². The van der Waals surface area contributed by atoms with E-state index < -0.39 is 0 Å². The smallest absolute Gasteiger partial charge is 0.0453 e. The molecule has 0 saturated carbocycles. The zero-order valence-electron chi connectivity index (χ0n) is 12.4. The molecule has 0 fully saturated rings. The fourth-order valence-electron chi connectivity index (χ4n) is 2.42. The molecule has 1 heterocycles. The summed E-state index contributed by atoms with van der Waals surface area (Å²) in [4.78, 5) is 3.12. The number of nitrogens with one attached hydrogen (secondary N) is 1. The first-order valence-corrected chi connectivity index (χ1v) is 7.52. The van der Waals surface area contributed by atoms with Crippen molar-refractivity contribution in [1.82, 2.24) is 4.98 Å². The van der Waals surface area contributed by atoms with Crippen molar-refractivity contribution in [3.05, 3.63) is 108 Å². The standard InChI is InChI=1S/C13H12.C8H7N/c1-3-7-12(8-4-1)11-13-9-5-2-6-10-13;1-2-4-8-7(3-1)5-6-9-8/h1-10H,11H2;1-6,9H. The van der Waals surface area contributed by atoms with Crippen LogP contribution in [-0.2, 0) is 6.42 Å². The van der Waals surface area contributed by atoms with Gasteiger partial charge in [-0.1, -0.05) is 78.9 Å². The predicted octanol–water partition coefficient (Wildman–Crippen LogP) is 5.45. The van der Waals surface area contributed by atoms with E-state index in [9.17, 15) is 0 Å². The van der Waals surface area contributed by atoms with Crippen LogP contribution < -0.4 is 0 Å². The molecule has 1 N–H and O–H groups in total. The maximum Gasteiger partial charge on any atom is 0.0453 e. The Hall–Kier alpha value is -2.80. The van der Waals surface area contributed by atoms with E-state index in [4.69, 9.17) is 0 Å². The van der Waals surface area contributed by atoms with Crippen molar-refractivity contribution in [2.24, 2.45) is 0 Å². The molecule has 1 nitrogen and oxygen atoms in total. The lowest BCUT2D eigenvalue weighted by molar-refractivity contribution is 1.19. The second-order valence-corrected chi connectivity index (χ2v) is 5.21. The fourth-order valence-corrected chi connectivity index (χ4v) is 2.42. The van der Waals surface area contributed by atoms with Crippen molar-refractivity contribution in [3.8, 4) is 0 Å². The molecule has 3 aromatic carbocycles.